The maximum absolute atomic E-state index is 12.5. The van der Waals surface area contributed by atoms with E-state index in [1.54, 1.807) is 4.68 Å². The van der Waals surface area contributed by atoms with Crippen molar-refractivity contribution >= 4 is 23.4 Å². The molecular weight excluding hydrogens is 350 g/mol. The average molecular weight is 375 g/mol. The van der Waals surface area contributed by atoms with Crippen LogP contribution in [0.2, 0.25) is 0 Å². The van der Waals surface area contributed by atoms with Gasteiger partial charge in [0.05, 0.1) is 17.9 Å². The highest BCUT2D eigenvalue weighted by Gasteiger charge is 2.22. The molecule has 8 heteroatoms. The number of ether oxygens (including phenoxy) is 1. The largest absolute Gasteiger partial charge is 0.376 e. The van der Waals surface area contributed by atoms with Crippen LogP contribution in [0.15, 0.2) is 29.4 Å². The second-order valence-electron chi connectivity index (χ2n) is 6.80. The Morgan fingerprint density at radius 1 is 1.35 bits per heavy atom. The monoisotopic (exact) mass is 375 g/mol. The van der Waals surface area contributed by atoms with Crippen molar-refractivity contribution in [3.8, 4) is 0 Å². The lowest BCUT2D eigenvalue weighted by Gasteiger charge is -2.14. The van der Waals surface area contributed by atoms with Crippen LogP contribution in [0.1, 0.15) is 45.1 Å². The summed E-state index contributed by atoms with van der Waals surface area (Å²) in [6.45, 7) is 7.57. The van der Waals surface area contributed by atoms with Gasteiger partial charge in [0.2, 0.25) is 11.1 Å². The second kappa shape index (κ2) is 8.64. The molecule has 0 aliphatic carbocycles. The van der Waals surface area contributed by atoms with Crippen LogP contribution in [0, 0.1) is 0 Å². The standard InChI is InChI=1S/C18H25N5O2S/c1-12(2)14-6-8-15(9-7-14)19-17(24)13(3)26-18-20-21-22-23(18)11-16-5-4-10-25-16/h6-9,12-13,16H,4-5,10-11H2,1-3H3,(H,19,24)/t13-,16-/m1/s1. The number of hydrogen-bond donors (Lipinski definition) is 1. The highest BCUT2D eigenvalue weighted by atomic mass is 32.2. The van der Waals surface area contributed by atoms with E-state index >= 15 is 0 Å². The van der Waals surface area contributed by atoms with Crippen molar-refractivity contribution in [2.75, 3.05) is 11.9 Å². The number of nitrogens with one attached hydrogen (secondary N) is 1. The van der Waals surface area contributed by atoms with Crippen LogP contribution >= 0.6 is 11.8 Å². The summed E-state index contributed by atoms with van der Waals surface area (Å²) >= 11 is 1.35. The minimum atomic E-state index is -0.311. The van der Waals surface area contributed by atoms with E-state index < -0.39 is 0 Å². The van der Waals surface area contributed by atoms with Crippen LogP contribution in [0.4, 0.5) is 5.69 Å². The molecule has 1 aliphatic heterocycles. The molecule has 1 amide bonds. The molecule has 0 bridgehead atoms. The summed E-state index contributed by atoms with van der Waals surface area (Å²) in [5, 5.41) is 15.1. The summed E-state index contributed by atoms with van der Waals surface area (Å²) in [6.07, 6.45) is 2.25. The zero-order chi connectivity index (χ0) is 18.5. The van der Waals surface area contributed by atoms with E-state index in [4.69, 9.17) is 4.74 Å². The number of amides is 1. The molecule has 2 aromatic rings. The van der Waals surface area contributed by atoms with Crippen molar-refractivity contribution < 1.29 is 9.53 Å². The smallest absolute Gasteiger partial charge is 0.237 e. The third kappa shape index (κ3) is 4.82. The third-order valence-electron chi connectivity index (χ3n) is 4.40. The average Bonchev–Trinajstić information content (AvgIpc) is 3.28. The van der Waals surface area contributed by atoms with Gasteiger partial charge in [-0.15, -0.1) is 5.10 Å². The molecule has 2 atom stereocenters. The van der Waals surface area contributed by atoms with Gasteiger partial charge in [-0.25, -0.2) is 4.68 Å². The first-order valence-corrected chi connectivity index (χ1v) is 9.86. The van der Waals surface area contributed by atoms with Gasteiger partial charge in [0, 0.05) is 12.3 Å². The van der Waals surface area contributed by atoms with E-state index in [1.165, 1.54) is 17.3 Å². The van der Waals surface area contributed by atoms with Crippen molar-refractivity contribution in [2.24, 2.45) is 0 Å². The summed E-state index contributed by atoms with van der Waals surface area (Å²) in [4.78, 5) is 12.5. The number of thioether (sulfide) groups is 1. The first kappa shape index (κ1) is 18.8. The van der Waals surface area contributed by atoms with Crippen LogP contribution < -0.4 is 5.32 Å². The maximum atomic E-state index is 12.5. The number of tetrazole rings is 1. The number of carbonyl (C=O) groups excluding carboxylic acids is 1. The molecule has 3 rings (SSSR count). The molecule has 7 nitrogen and oxygen atoms in total. The molecule has 1 aromatic heterocycles. The minimum Gasteiger partial charge on any atom is -0.376 e. The Bertz CT molecular complexity index is 725. The number of benzene rings is 1. The molecule has 1 aliphatic rings. The van der Waals surface area contributed by atoms with Gasteiger partial charge in [-0.05, 0) is 53.8 Å². The molecule has 0 spiro atoms. The van der Waals surface area contributed by atoms with Crippen molar-refractivity contribution in [2.45, 2.75) is 62.6 Å². The Balaban J connectivity index is 1.56. The van der Waals surface area contributed by atoms with Crippen molar-refractivity contribution in [1.29, 1.82) is 0 Å². The first-order chi connectivity index (χ1) is 12.5. The summed E-state index contributed by atoms with van der Waals surface area (Å²) in [6, 6.07) is 7.96. The molecule has 2 heterocycles. The van der Waals surface area contributed by atoms with Gasteiger partial charge >= 0.3 is 0 Å². The van der Waals surface area contributed by atoms with Crippen LogP contribution in [0.3, 0.4) is 0 Å². The van der Waals surface area contributed by atoms with Crippen LogP contribution in [0.5, 0.6) is 0 Å². The van der Waals surface area contributed by atoms with Gasteiger partial charge in [0.25, 0.3) is 0 Å². The number of rotatable bonds is 7. The van der Waals surface area contributed by atoms with Crippen LogP contribution in [-0.2, 0) is 16.1 Å². The molecule has 140 valence electrons. The lowest BCUT2D eigenvalue weighted by molar-refractivity contribution is -0.115. The number of nitrogens with zero attached hydrogens (tertiary/aromatic N) is 4. The summed E-state index contributed by atoms with van der Waals surface area (Å²) in [7, 11) is 0. The Labute approximate surface area is 157 Å². The fourth-order valence-electron chi connectivity index (χ4n) is 2.78. The fraction of sp³-hybridized carbons (Fsp3) is 0.556. The lowest BCUT2D eigenvalue weighted by Crippen LogP contribution is -2.23. The molecule has 26 heavy (non-hydrogen) atoms. The van der Waals surface area contributed by atoms with Gasteiger partial charge in [-0.2, -0.15) is 0 Å². The van der Waals surface area contributed by atoms with E-state index in [0.717, 1.165) is 25.1 Å². The Kier molecular flexibility index (Phi) is 6.26. The van der Waals surface area contributed by atoms with Crippen molar-refractivity contribution in [3.63, 3.8) is 0 Å². The Morgan fingerprint density at radius 2 is 2.12 bits per heavy atom. The quantitative estimate of drug-likeness (QED) is 0.749. The van der Waals surface area contributed by atoms with Crippen molar-refractivity contribution in [1.82, 2.24) is 20.2 Å². The van der Waals surface area contributed by atoms with Gasteiger partial charge in [-0.3, -0.25) is 4.79 Å². The molecule has 0 radical (unpaired) electrons. The predicted molar refractivity (Wildman–Crippen MR) is 101 cm³/mol. The first-order valence-electron chi connectivity index (χ1n) is 8.98. The van der Waals surface area contributed by atoms with E-state index in [0.29, 0.717) is 17.6 Å². The Morgan fingerprint density at radius 3 is 2.77 bits per heavy atom. The predicted octanol–water partition coefficient (Wildman–Crippen LogP) is 3.09. The maximum Gasteiger partial charge on any atom is 0.237 e. The highest BCUT2D eigenvalue weighted by molar-refractivity contribution is 8.00. The minimum absolute atomic E-state index is 0.0704. The van der Waals surface area contributed by atoms with Gasteiger partial charge in [0.15, 0.2) is 0 Å². The summed E-state index contributed by atoms with van der Waals surface area (Å²) in [5.41, 5.74) is 2.05. The lowest BCUT2D eigenvalue weighted by atomic mass is 10.0. The third-order valence-corrected chi connectivity index (χ3v) is 5.47. The topological polar surface area (TPSA) is 81.9 Å². The van der Waals surface area contributed by atoms with E-state index in [-0.39, 0.29) is 17.3 Å². The van der Waals surface area contributed by atoms with E-state index in [1.807, 2.05) is 31.2 Å². The Hall–Kier alpha value is -1.93. The number of hydrogen-bond acceptors (Lipinski definition) is 6. The van der Waals surface area contributed by atoms with E-state index in [2.05, 4.69) is 34.7 Å². The SMILES string of the molecule is CC(C)c1ccc(NC(=O)[C@@H](C)Sc2nnnn2C[C@H]2CCCO2)cc1. The molecule has 0 saturated carbocycles. The second-order valence-corrected chi connectivity index (χ2v) is 8.11. The summed E-state index contributed by atoms with van der Waals surface area (Å²) in [5.74, 6) is 0.399. The molecule has 1 fully saturated rings. The van der Waals surface area contributed by atoms with Crippen molar-refractivity contribution in [3.05, 3.63) is 29.8 Å². The van der Waals surface area contributed by atoms with Gasteiger partial charge in [-0.1, -0.05) is 37.7 Å². The molecule has 0 unspecified atom stereocenters. The zero-order valence-corrected chi connectivity index (χ0v) is 16.2. The molecular formula is C18H25N5O2S. The number of aromatic nitrogens is 4. The molecule has 1 N–H and O–H groups in total. The van der Waals surface area contributed by atoms with Gasteiger partial charge in [0.1, 0.15) is 0 Å². The number of anilines is 1. The fourth-order valence-corrected chi connectivity index (χ4v) is 3.58. The highest BCUT2D eigenvalue weighted by Crippen LogP contribution is 2.24. The summed E-state index contributed by atoms with van der Waals surface area (Å²) < 4.78 is 7.36. The molecule has 1 aromatic carbocycles. The zero-order valence-electron chi connectivity index (χ0n) is 15.4. The number of carbonyl (C=O) groups is 1. The van der Waals surface area contributed by atoms with Crippen LogP contribution in [-0.4, -0.2) is 44.1 Å². The van der Waals surface area contributed by atoms with E-state index in [9.17, 15) is 4.79 Å². The van der Waals surface area contributed by atoms with Crippen LogP contribution in [0.25, 0.3) is 0 Å². The van der Waals surface area contributed by atoms with Gasteiger partial charge < -0.3 is 10.1 Å². The normalized spacial score (nSPS) is 18.2. The molecule has 1 saturated heterocycles.